The molecule has 5 heteroatoms. The maximum absolute atomic E-state index is 13.6. The molecule has 0 heterocycles. The van der Waals surface area contributed by atoms with Gasteiger partial charge < -0.3 is 4.74 Å². The standard InChI is InChI=1S/C14H10BrF3O/c15-7-9-2-1-3-13(18)14(9)19-8-10-6-11(16)4-5-12(10)17/h1-6H,7-8H2. The average Bonchev–Trinajstić information content (AvgIpc) is 2.40. The lowest BCUT2D eigenvalue weighted by Gasteiger charge is -2.11. The van der Waals surface area contributed by atoms with Crippen LogP contribution in [0.2, 0.25) is 0 Å². The zero-order chi connectivity index (χ0) is 13.8. The zero-order valence-corrected chi connectivity index (χ0v) is 11.4. The molecule has 2 rings (SSSR count). The van der Waals surface area contributed by atoms with Gasteiger partial charge in [-0.25, -0.2) is 13.2 Å². The molecule has 100 valence electrons. The molecule has 0 atom stereocenters. The van der Waals surface area contributed by atoms with Crippen LogP contribution >= 0.6 is 15.9 Å². The van der Waals surface area contributed by atoms with E-state index >= 15 is 0 Å². The molecule has 0 fully saturated rings. The number of alkyl halides is 1. The van der Waals surface area contributed by atoms with Crippen LogP contribution < -0.4 is 4.74 Å². The van der Waals surface area contributed by atoms with E-state index in [1.807, 2.05) is 0 Å². The molecule has 2 aromatic carbocycles. The minimum absolute atomic E-state index is 0.0445. The molecule has 0 unspecified atom stereocenters. The van der Waals surface area contributed by atoms with Gasteiger partial charge in [-0.15, -0.1) is 0 Å². The van der Waals surface area contributed by atoms with Crippen LogP contribution in [0.4, 0.5) is 13.2 Å². The SMILES string of the molecule is Fc1ccc(F)c(COc2c(F)cccc2CBr)c1. The lowest BCUT2D eigenvalue weighted by molar-refractivity contribution is 0.282. The molecular formula is C14H10BrF3O. The molecule has 0 amide bonds. The molecule has 0 spiro atoms. The molecule has 0 aliphatic heterocycles. The van der Waals surface area contributed by atoms with Crippen LogP contribution in [0.25, 0.3) is 0 Å². The summed E-state index contributed by atoms with van der Waals surface area (Å²) in [5, 5.41) is 0.408. The van der Waals surface area contributed by atoms with Gasteiger partial charge in [0.2, 0.25) is 0 Å². The Morgan fingerprint density at radius 3 is 2.47 bits per heavy atom. The molecule has 1 nitrogen and oxygen atoms in total. The van der Waals surface area contributed by atoms with Crippen molar-refractivity contribution in [3.63, 3.8) is 0 Å². The van der Waals surface area contributed by atoms with Crippen molar-refractivity contribution in [3.05, 3.63) is 65.0 Å². The van der Waals surface area contributed by atoms with E-state index < -0.39 is 17.5 Å². The van der Waals surface area contributed by atoms with Crippen molar-refractivity contribution in [1.82, 2.24) is 0 Å². The van der Waals surface area contributed by atoms with Gasteiger partial charge in [-0.1, -0.05) is 28.1 Å². The Morgan fingerprint density at radius 2 is 1.74 bits per heavy atom. The van der Waals surface area contributed by atoms with Crippen molar-refractivity contribution in [2.45, 2.75) is 11.9 Å². The number of benzene rings is 2. The third-order valence-electron chi connectivity index (χ3n) is 2.57. The predicted octanol–water partition coefficient (Wildman–Crippen LogP) is 4.58. The summed E-state index contributed by atoms with van der Waals surface area (Å²) in [6, 6.07) is 7.57. The molecule has 0 aromatic heterocycles. The van der Waals surface area contributed by atoms with Crippen molar-refractivity contribution >= 4 is 15.9 Å². The Kier molecular flexibility index (Phi) is 4.47. The molecule has 0 N–H and O–H groups in total. The van der Waals surface area contributed by atoms with E-state index in [1.54, 1.807) is 12.1 Å². The van der Waals surface area contributed by atoms with Gasteiger partial charge in [-0.2, -0.15) is 0 Å². The van der Waals surface area contributed by atoms with Crippen LogP contribution in [0.5, 0.6) is 5.75 Å². The summed E-state index contributed by atoms with van der Waals surface area (Å²) in [5.41, 5.74) is 0.653. The van der Waals surface area contributed by atoms with Gasteiger partial charge in [0.05, 0.1) is 0 Å². The van der Waals surface area contributed by atoms with Crippen molar-refractivity contribution in [3.8, 4) is 5.75 Å². The van der Waals surface area contributed by atoms with Crippen molar-refractivity contribution in [2.24, 2.45) is 0 Å². The second-order valence-corrected chi connectivity index (χ2v) is 4.45. The number of ether oxygens (including phenoxy) is 1. The largest absolute Gasteiger partial charge is 0.485 e. The maximum Gasteiger partial charge on any atom is 0.165 e. The highest BCUT2D eigenvalue weighted by molar-refractivity contribution is 9.08. The van der Waals surface area contributed by atoms with E-state index in [0.717, 1.165) is 18.2 Å². The van der Waals surface area contributed by atoms with E-state index in [1.165, 1.54) is 6.07 Å². The summed E-state index contributed by atoms with van der Waals surface area (Å²) in [6.45, 7) is -0.232. The number of hydrogen-bond acceptors (Lipinski definition) is 1. The van der Waals surface area contributed by atoms with Gasteiger partial charge in [-0.3, -0.25) is 0 Å². The maximum atomic E-state index is 13.6. The van der Waals surface area contributed by atoms with Crippen molar-refractivity contribution in [2.75, 3.05) is 0 Å². The topological polar surface area (TPSA) is 9.23 Å². The number of halogens is 4. The van der Waals surface area contributed by atoms with Crippen LogP contribution in [-0.4, -0.2) is 0 Å². The lowest BCUT2D eigenvalue weighted by atomic mass is 10.2. The summed E-state index contributed by atoms with van der Waals surface area (Å²) >= 11 is 3.21. The first-order chi connectivity index (χ1) is 9.11. The first kappa shape index (κ1) is 13.9. The van der Waals surface area contributed by atoms with Gasteiger partial charge in [0, 0.05) is 16.5 Å². The van der Waals surface area contributed by atoms with Crippen LogP contribution in [0.3, 0.4) is 0 Å². The Balaban J connectivity index is 2.21. The highest BCUT2D eigenvalue weighted by atomic mass is 79.9. The second kappa shape index (κ2) is 6.10. The van der Waals surface area contributed by atoms with E-state index in [9.17, 15) is 13.2 Å². The fraction of sp³-hybridized carbons (Fsp3) is 0.143. The fourth-order valence-corrected chi connectivity index (χ4v) is 2.07. The smallest absolute Gasteiger partial charge is 0.165 e. The summed E-state index contributed by atoms with van der Waals surface area (Å²) in [5.74, 6) is -1.64. The van der Waals surface area contributed by atoms with E-state index in [2.05, 4.69) is 15.9 Å². The van der Waals surface area contributed by atoms with Crippen LogP contribution in [0, 0.1) is 17.5 Å². The Labute approximate surface area is 117 Å². The third-order valence-corrected chi connectivity index (χ3v) is 3.18. The van der Waals surface area contributed by atoms with E-state index in [0.29, 0.717) is 10.9 Å². The predicted molar refractivity (Wildman–Crippen MR) is 69.7 cm³/mol. The Morgan fingerprint density at radius 1 is 0.947 bits per heavy atom. The highest BCUT2D eigenvalue weighted by Gasteiger charge is 2.11. The number of rotatable bonds is 4. The monoisotopic (exact) mass is 330 g/mol. The van der Waals surface area contributed by atoms with E-state index in [4.69, 9.17) is 4.74 Å². The summed E-state index contributed by atoms with van der Waals surface area (Å²) < 4.78 is 45.3. The number of para-hydroxylation sites is 1. The molecule has 0 saturated carbocycles. The van der Waals surface area contributed by atoms with Gasteiger partial charge in [-0.05, 0) is 24.3 Å². The van der Waals surface area contributed by atoms with Crippen molar-refractivity contribution < 1.29 is 17.9 Å². The Hall–Kier alpha value is -1.49. The molecule has 19 heavy (non-hydrogen) atoms. The molecule has 0 radical (unpaired) electrons. The fourth-order valence-electron chi connectivity index (χ4n) is 1.62. The minimum atomic E-state index is -0.585. The molecule has 0 aliphatic rings. The number of hydrogen-bond donors (Lipinski definition) is 0. The quantitative estimate of drug-likeness (QED) is 0.746. The first-order valence-electron chi connectivity index (χ1n) is 5.52. The summed E-state index contributed by atoms with van der Waals surface area (Å²) in [4.78, 5) is 0. The third kappa shape index (κ3) is 3.29. The summed E-state index contributed by atoms with van der Waals surface area (Å²) in [6.07, 6.45) is 0. The molecular weight excluding hydrogens is 321 g/mol. The lowest BCUT2D eigenvalue weighted by Crippen LogP contribution is -2.02. The molecule has 0 bridgehead atoms. The zero-order valence-electron chi connectivity index (χ0n) is 9.80. The van der Waals surface area contributed by atoms with Crippen LogP contribution in [0.1, 0.15) is 11.1 Å². The van der Waals surface area contributed by atoms with E-state index in [-0.39, 0.29) is 17.9 Å². The van der Waals surface area contributed by atoms with Gasteiger partial charge in [0.15, 0.2) is 11.6 Å². The summed E-state index contributed by atoms with van der Waals surface area (Å²) in [7, 11) is 0. The molecule has 0 saturated heterocycles. The normalized spacial score (nSPS) is 10.5. The molecule has 2 aromatic rings. The van der Waals surface area contributed by atoms with Crippen LogP contribution in [-0.2, 0) is 11.9 Å². The first-order valence-corrected chi connectivity index (χ1v) is 6.64. The average molecular weight is 331 g/mol. The molecule has 0 aliphatic carbocycles. The minimum Gasteiger partial charge on any atom is -0.485 e. The Bertz CT molecular complexity index is 587. The second-order valence-electron chi connectivity index (χ2n) is 3.89. The van der Waals surface area contributed by atoms with Crippen LogP contribution in [0.15, 0.2) is 36.4 Å². The van der Waals surface area contributed by atoms with Crippen molar-refractivity contribution in [1.29, 1.82) is 0 Å². The van der Waals surface area contributed by atoms with Gasteiger partial charge >= 0.3 is 0 Å². The van der Waals surface area contributed by atoms with Gasteiger partial charge in [0.1, 0.15) is 18.2 Å². The van der Waals surface area contributed by atoms with Gasteiger partial charge in [0.25, 0.3) is 0 Å². The highest BCUT2D eigenvalue weighted by Crippen LogP contribution is 2.26.